The number of ether oxygens (including phenoxy) is 2. The number of esters is 1. The first-order chi connectivity index (χ1) is 13.5. The highest BCUT2D eigenvalue weighted by molar-refractivity contribution is 7.18. The lowest BCUT2D eigenvalue weighted by molar-refractivity contribution is 0.0532. The molecule has 0 saturated heterocycles. The second-order valence-electron chi connectivity index (χ2n) is 5.58. The molecule has 3 aromatic rings. The lowest BCUT2D eigenvalue weighted by Crippen LogP contribution is -2.13. The van der Waals surface area contributed by atoms with Crippen molar-refractivity contribution < 1.29 is 19.1 Å². The third-order valence-electron chi connectivity index (χ3n) is 3.76. The Morgan fingerprint density at radius 3 is 2.61 bits per heavy atom. The summed E-state index contributed by atoms with van der Waals surface area (Å²) in [6.07, 6.45) is 0. The molecular weight excluding hydrogens is 400 g/mol. The molecule has 0 aliphatic rings. The number of rotatable bonds is 6. The SMILES string of the molecule is CCOC(=O)c1sc(NC(=O)c2cc(Cl)ccc2OC)nc1-c1ccccc1. The fraction of sp³-hybridized carbons (Fsp3) is 0.150. The van der Waals surface area contributed by atoms with Gasteiger partial charge in [-0.05, 0) is 25.1 Å². The number of nitrogens with zero attached hydrogens (tertiary/aromatic N) is 1. The summed E-state index contributed by atoms with van der Waals surface area (Å²) in [5.41, 5.74) is 1.48. The number of benzene rings is 2. The Morgan fingerprint density at radius 2 is 1.93 bits per heavy atom. The quantitative estimate of drug-likeness (QED) is 0.578. The van der Waals surface area contributed by atoms with Gasteiger partial charge >= 0.3 is 5.97 Å². The number of aromatic nitrogens is 1. The molecule has 1 amide bonds. The summed E-state index contributed by atoms with van der Waals surface area (Å²) in [6.45, 7) is 1.97. The highest BCUT2D eigenvalue weighted by Crippen LogP contribution is 2.32. The van der Waals surface area contributed by atoms with Crippen molar-refractivity contribution in [1.82, 2.24) is 4.98 Å². The summed E-state index contributed by atoms with van der Waals surface area (Å²) >= 11 is 7.05. The number of hydrogen-bond acceptors (Lipinski definition) is 6. The maximum Gasteiger partial charge on any atom is 0.350 e. The molecule has 28 heavy (non-hydrogen) atoms. The van der Waals surface area contributed by atoms with E-state index in [9.17, 15) is 9.59 Å². The standard InChI is InChI=1S/C20H17ClN2O4S/c1-3-27-19(25)17-16(12-7-5-4-6-8-12)22-20(28-17)23-18(24)14-11-13(21)9-10-15(14)26-2/h4-11H,3H2,1-2H3,(H,22,23,24). The van der Waals surface area contributed by atoms with E-state index in [2.05, 4.69) is 10.3 Å². The fourth-order valence-corrected chi connectivity index (χ4v) is 3.57. The maximum atomic E-state index is 12.7. The summed E-state index contributed by atoms with van der Waals surface area (Å²) in [6, 6.07) is 14.0. The van der Waals surface area contributed by atoms with Crippen molar-refractivity contribution in [2.24, 2.45) is 0 Å². The highest BCUT2D eigenvalue weighted by atomic mass is 35.5. The first-order valence-electron chi connectivity index (χ1n) is 8.41. The van der Waals surface area contributed by atoms with Crippen molar-refractivity contribution >= 4 is 39.9 Å². The van der Waals surface area contributed by atoms with Crippen molar-refractivity contribution in [3.63, 3.8) is 0 Å². The van der Waals surface area contributed by atoms with Crippen LogP contribution < -0.4 is 10.1 Å². The van der Waals surface area contributed by atoms with Crippen LogP contribution in [0.25, 0.3) is 11.3 Å². The lowest BCUT2D eigenvalue weighted by atomic mass is 10.1. The van der Waals surface area contributed by atoms with E-state index in [1.54, 1.807) is 19.1 Å². The first kappa shape index (κ1) is 19.9. The summed E-state index contributed by atoms with van der Waals surface area (Å²) in [5, 5.41) is 3.39. The number of methoxy groups -OCH3 is 1. The van der Waals surface area contributed by atoms with Gasteiger partial charge in [-0.15, -0.1) is 0 Å². The van der Waals surface area contributed by atoms with E-state index in [4.69, 9.17) is 21.1 Å². The molecular formula is C20H17ClN2O4S. The van der Waals surface area contributed by atoms with Crippen LogP contribution in [0.2, 0.25) is 5.02 Å². The van der Waals surface area contributed by atoms with Crippen LogP contribution in [0.15, 0.2) is 48.5 Å². The zero-order valence-electron chi connectivity index (χ0n) is 15.2. The molecule has 3 rings (SSSR count). The van der Waals surface area contributed by atoms with Gasteiger partial charge in [0, 0.05) is 10.6 Å². The van der Waals surface area contributed by atoms with Crippen molar-refractivity contribution in [2.45, 2.75) is 6.92 Å². The number of hydrogen-bond donors (Lipinski definition) is 1. The van der Waals surface area contributed by atoms with Gasteiger partial charge in [-0.25, -0.2) is 9.78 Å². The number of nitrogens with one attached hydrogen (secondary N) is 1. The number of anilines is 1. The largest absolute Gasteiger partial charge is 0.496 e. The predicted molar refractivity (Wildman–Crippen MR) is 109 cm³/mol. The summed E-state index contributed by atoms with van der Waals surface area (Å²) in [7, 11) is 1.47. The third-order valence-corrected chi connectivity index (χ3v) is 4.95. The molecule has 0 aliphatic heterocycles. The first-order valence-corrected chi connectivity index (χ1v) is 9.61. The average Bonchev–Trinajstić information content (AvgIpc) is 3.12. The number of amides is 1. The fourth-order valence-electron chi connectivity index (χ4n) is 2.52. The van der Waals surface area contributed by atoms with E-state index in [0.717, 1.165) is 16.9 Å². The topological polar surface area (TPSA) is 77.5 Å². The van der Waals surface area contributed by atoms with Gasteiger partial charge < -0.3 is 9.47 Å². The molecule has 8 heteroatoms. The van der Waals surface area contributed by atoms with Crippen LogP contribution in [0.5, 0.6) is 5.75 Å². The van der Waals surface area contributed by atoms with Gasteiger partial charge in [-0.2, -0.15) is 0 Å². The van der Waals surface area contributed by atoms with E-state index in [-0.39, 0.29) is 17.3 Å². The molecule has 6 nitrogen and oxygen atoms in total. The average molecular weight is 417 g/mol. The Hall–Kier alpha value is -2.90. The number of halogens is 1. The van der Waals surface area contributed by atoms with Gasteiger partial charge in [-0.3, -0.25) is 10.1 Å². The summed E-state index contributed by atoms with van der Waals surface area (Å²) in [4.78, 5) is 29.8. The van der Waals surface area contributed by atoms with Gasteiger partial charge in [0.15, 0.2) is 5.13 Å². The number of carbonyl (C=O) groups excluding carboxylic acids is 2. The molecule has 1 aromatic heterocycles. The van der Waals surface area contributed by atoms with Gasteiger partial charge in [0.2, 0.25) is 0 Å². The van der Waals surface area contributed by atoms with Crippen molar-refractivity contribution in [1.29, 1.82) is 0 Å². The molecule has 0 radical (unpaired) electrons. The molecule has 0 unspecified atom stereocenters. The minimum Gasteiger partial charge on any atom is -0.496 e. The molecule has 0 bridgehead atoms. The number of carbonyl (C=O) groups is 2. The van der Waals surface area contributed by atoms with E-state index in [0.29, 0.717) is 21.3 Å². The van der Waals surface area contributed by atoms with Crippen molar-refractivity contribution in [3.8, 4) is 17.0 Å². The molecule has 1 N–H and O–H groups in total. The molecule has 0 saturated carbocycles. The highest BCUT2D eigenvalue weighted by Gasteiger charge is 2.22. The Kier molecular flexibility index (Phi) is 6.28. The number of thiazole rings is 1. The van der Waals surface area contributed by atoms with Gasteiger partial charge in [0.05, 0.1) is 25.0 Å². The molecule has 0 atom stereocenters. The Morgan fingerprint density at radius 1 is 1.18 bits per heavy atom. The molecule has 1 heterocycles. The van der Waals surface area contributed by atoms with E-state index < -0.39 is 11.9 Å². The zero-order valence-corrected chi connectivity index (χ0v) is 16.8. The Balaban J connectivity index is 1.96. The minimum absolute atomic E-state index is 0.242. The van der Waals surface area contributed by atoms with Gasteiger partial charge in [0.25, 0.3) is 5.91 Å². The monoisotopic (exact) mass is 416 g/mol. The minimum atomic E-state index is -0.486. The van der Waals surface area contributed by atoms with Crippen LogP contribution in [0.1, 0.15) is 27.0 Å². The van der Waals surface area contributed by atoms with Crippen LogP contribution >= 0.6 is 22.9 Å². The molecule has 144 valence electrons. The normalized spacial score (nSPS) is 10.4. The second kappa shape index (κ2) is 8.86. The van der Waals surface area contributed by atoms with E-state index in [1.807, 2.05) is 30.3 Å². The van der Waals surface area contributed by atoms with E-state index in [1.165, 1.54) is 13.2 Å². The predicted octanol–water partition coefficient (Wildman–Crippen LogP) is 4.90. The van der Waals surface area contributed by atoms with Crippen LogP contribution in [0.3, 0.4) is 0 Å². The van der Waals surface area contributed by atoms with Crippen molar-refractivity contribution in [2.75, 3.05) is 19.0 Å². The van der Waals surface area contributed by atoms with Crippen LogP contribution in [-0.2, 0) is 4.74 Å². The third kappa shape index (κ3) is 4.32. The molecule has 0 spiro atoms. The van der Waals surface area contributed by atoms with E-state index >= 15 is 0 Å². The molecule has 2 aromatic carbocycles. The van der Waals surface area contributed by atoms with Gasteiger partial charge in [-0.1, -0.05) is 53.3 Å². The smallest absolute Gasteiger partial charge is 0.350 e. The second-order valence-corrected chi connectivity index (χ2v) is 7.02. The van der Waals surface area contributed by atoms with Crippen molar-refractivity contribution in [3.05, 3.63) is 64.0 Å². The van der Waals surface area contributed by atoms with Gasteiger partial charge in [0.1, 0.15) is 10.6 Å². The van der Waals surface area contributed by atoms with Crippen LogP contribution in [0.4, 0.5) is 5.13 Å². The van der Waals surface area contributed by atoms with Crippen LogP contribution in [-0.4, -0.2) is 30.6 Å². The lowest BCUT2D eigenvalue weighted by Gasteiger charge is -2.08. The molecule has 0 aliphatic carbocycles. The molecule has 0 fully saturated rings. The zero-order chi connectivity index (χ0) is 20.1. The Bertz CT molecular complexity index is 1000. The summed E-state index contributed by atoms with van der Waals surface area (Å²) in [5.74, 6) is -0.546. The summed E-state index contributed by atoms with van der Waals surface area (Å²) < 4.78 is 10.3. The maximum absolute atomic E-state index is 12.7. The Labute approximate surface area is 171 Å². The van der Waals surface area contributed by atoms with Crippen LogP contribution in [0, 0.1) is 0 Å².